The fraction of sp³-hybridized carbons (Fsp3) is 0.526. The Morgan fingerprint density at radius 1 is 1.32 bits per heavy atom. The molecule has 1 aromatic carbocycles. The minimum absolute atomic E-state index is 0.0972. The summed E-state index contributed by atoms with van der Waals surface area (Å²) in [5.41, 5.74) is 2.26. The van der Waals surface area contributed by atoms with E-state index in [2.05, 4.69) is 46.1 Å². The average molecular weight is 359 g/mol. The zero-order valence-corrected chi connectivity index (χ0v) is 16.0. The normalized spacial score (nSPS) is 16.1. The van der Waals surface area contributed by atoms with Crippen molar-refractivity contribution in [3.8, 4) is 11.4 Å². The lowest BCUT2D eigenvalue weighted by Gasteiger charge is -2.16. The van der Waals surface area contributed by atoms with E-state index >= 15 is 0 Å². The first-order valence-electron chi connectivity index (χ1n) is 9.06. The topological polar surface area (TPSA) is 59.8 Å². The molecule has 2 aromatic rings. The summed E-state index contributed by atoms with van der Waals surface area (Å²) in [6.45, 7) is 6.87. The van der Waals surface area contributed by atoms with Crippen LogP contribution in [0.1, 0.15) is 45.1 Å². The molecule has 1 aromatic heterocycles. The number of hydrogen-bond acceptors (Lipinski definition) is 4. The minimum Gasteiger partial charge on any atom is -0.352 e. The van der Waals surface area contributed by atoms with E-state index in [1.54, 1.807) is 0 Å². The maximum atomic E-state index is 12.4. The summed E-state index contributed by atoms with van der Waals surface area (Å²) in [5.74, 6) is 0.964. The molecule has 0 radical (unpaired) electrons. The van der Waals surface area contributed by atoms with E-state index in [9.17, 15) is 4.79 Å². The number of nitrogens with zero attached hydrogens (tertiary/aromatic N) is 3. The van der Waals surface area contributed by atoms with E-state index < -0.39 is 0 Å². The Balaban J connectivity index is 1.74. The summed E-state index contributed by atoms with van der Waals surface area (Å²) in [6, 6.07) is 8.53. The fourth-order valence-corrected chi connectivity index (χ4v) is 4.21. The second-order valence-electron chi connectivity index (χ2n) is 6.62. The molecule has 1 N–H and O–H groups in total. The Morgan fingerprint density at radius 3 is 2.72 bits per heavy atom. The van der Waals surface area contributed by atoms with Crippen molar-refractivity contribution in [3.63, 3.8) is 0 Å². The van der Waals surface area contributed by atoms with Crippen LogP contribution in [-0.2, 0) is 11.3 Å². The van der Waals surface area contributed by atoms with Crippen LogP contribution in [0.5, 0.6) is 0 Å². The highest BCUT2D eigenvalue weighted by Gasteiger charge is 2.24. The number of rotatable bonds is 6. The molecular weight excluding hydrogens is 332 g/mol. The lowest BCUT2D eigenvalue weighted by atomic mass is 10.1. The van der Waals surface area contributed by atoms with Gasteiger partial charge in [0.1, 0.15) is 0 Å². The molecule has 0 spiro atoms. The Kier molecular flexibility index (Phi) is 5.78. The zero-order chi connectivity index (χ0) is 17.8. The number of carbonyl (C=O) groups is 1. The van der Waals surface area contributed by atoms with Gasteiger partial charge in [0, 0.05) is 18.2 Å². The van der Waals surface area contributed by atoms with Gasteiger partial charge in [0.15, 0.2) is 11.0 Å². The molecule has 1 aliphatic carbocycles. The summed E-state index contributed by atoms with van der Waals surface area (Å²) >= 11 is 1.48. The number of aryl methyl sites for hydroxylation is 1. The number of hydrogen-bond donors (Lipinski definition) is 1. The SMILES string of the molecule is CCn1c(S[C@@H](C)C(=O)NC2CCCC2)nnc1-c1ccccc1C. The molecule has 0 saturated heterocycles. The van der Waals surface area contributed by atoms with Crippen molar-refractivity contribution in [2.45, 2.75) is 69.4 Å². The largest absolute Gasteiger partial charge is 0.352 e. The third-order valence-electron chi connectivity index (χ3n) is 4.77. The highest BCUT2D eigenvalue weighted by molar-refractivity contribution is 8.00. The molecule has 25 heavy (non-hydrogen) atoms. The predicted octanol–water partition coefficient (Wildman–Crippen LogP) is 3.81. The van der Waals surface area contributed by atoms with E-state index in [1.165, 1.54) is 30.2 Å². The first-order valence-corrected chi connectivity index (χ1v) is 9.94. The van der Waals surface area contributed by atoms with Crippen molar-refractivity contribution in [3.05, 3.63) is 29.8 Å². The first-order chi connectivity index (χ1) is 12.1. The molecule has 1 aliphatic rings. The van der Waals surface area contributed by atoms with Crippen molar-refractivity contribution in [1.82, 2.24) is 20.1 Å². The van der Waals surface area contributed by atoms with Gasteiger partial charge in [0.2, 0.25) is 5.91 Å². The van der Waals surface area contributed by atoms with Crippen molar-refractivity contribution in [2.75, 3.05) is 0 Å². The van der Waals surface area contributed by atoms with Gasteiger partial charge in [-0.2, -0.15) is 0 Å². The van der Waals surface area contributed by atoms with Crippen LogP contribution in [0.4, 0.5) is 0 Å². The third kappa shape index (κ3) is 4.06. The minimum atomic E-state index is -0.181. The second-order valence-corrected chi connectivity index (χ2v) is 7.92. The third-order valence-corrected chi connectivity index (χ3v) is 5.85. The fourth-order valence-electron chi connectivity index (χ4n) is 3.28. The van der Waals surface area contributed by atoms with Gasteiger partial charge in [-0.15, -0.1) is 10.2 Å². The number of thioether (sulfide) groups is 1. The van der Waals surface area contributed by atoms with Crippen LogP contribution in [0, 0.1) is 6.92 Å². The molecule has 1 heterocycles. The monoisotopic (exact) mass is 358 g/mol. The number of carbonyl (C=O) groups excluding carboxylic acids is 1. The first kappa shape index (κ1) is 18.0. The van der Waals surface area contributed by atoms with Gasteiger partial charge in [0.05, 0.1) is 5.25 Å². The van der Waals surface area contributed by atoms with Crippen LogP contribution in [0.2, 0.25) is 0 Å². The van der Waals surface area contributed by atoms with Crippen molar-refractivity contribution >= 4 is 17.7 Å². The van der Waals surface area contributed by atoms with Gasteiger partial charge in [-0.25, -0.2) is 0 Å². The summed E-state index contributed by atoms with van der Waals surface area (Å²) in [5, 5.41) is 12.5. The van der Waals surface area contributed by atoms with E-state index in [0.29, 0.717) is 6.04 Å². The lowest BCUT2D eigenvalue weighted by Crippen LogP contribution is -2.37. The molecule has 3 rings (SSSR count). The molecule has 5 nitrogen and oxygen atoms in total. The molecule has 0 unspecified atom stereocenters. The number of benzene rings is 1. The highest BCUT2D eigenvalue weighted by atomic mass is 32.2. The van der Waals surface area contributed by atoms with Gasteiger partial charge in [-0.3, -0.25) is 4.79 Å². The van der Waals surface area contributed by atoms with Crippen molar-refractivity contribution < 1.29 is 4.79 Å². The van der Waals surface area contributed by atoms with Crippen LogP contribution in [0.3, 0.4) is 0 Å². The van der Waals surface area contributed by atoms with Crippen LogP contribution in [-0.4, -0.2) is 32.0 Å². The maximum Gasteiger partial charge on any atom is 0.233 e. The molecule has 1 atom stereocenters. The van der Waals surface area contributed by atoms with E-state index in [1.807, 2.05) is 19.1 Å². The van der Waals surface area contributed by atoms with Crippen molar-refractivity contribution in [1.29, 1.82) is 0 Å². The summed E-state index contributed by atoms with van der Waals surface area (Å²) in [4.78, 5) is 12.4. The zero-order valence-electron chi connectivity index (χ0n) is 15.2. The average Bonchev–Trinajstić information content (AvgIpc) is 3.24. The summed E-state index contributed by atoms with van der Waals surface area (Å²) < 4.78 is 2.09. The van der Waals surface area contributed by atoms with E-state index in [-0.39, 0.29) is 11.2 Å². The predicted molar refractivity (Wildman–Crippen MR) is 102 cm³/mol. The Bertz CT molecular complexity index is 737. The Morgan fingerprint density at radius 2 is 2.04 bits per heavy atom. The van der Waals surface area contributed by atoms with Gasteiger partial charge in [-0.05, 0) is 39.2 Å². The standard InChI is InChI=1S/C19H26N4OS/c1-4-23-17(16-12-8-5-9-13(16)2)21-22-19(23)25-14(3)18(24)20-15-10-6-7-11-15/h5,8-9,12,14-15H,4,6-7,10-11H2,1-3H3,(H,20,24)/t14-/m0/s1. The van der Waals surface area contributed by atoms with Crippen LogP contribution < -0.4 is 5.32 Å². The molecule has 1 fully saturated rings. The van der Waals surface area contributed by atoms with Gasteiger partial charge in [-0.1, -0.05) is 48.9 Å². The molecule has 6 heteroatoms. The van der Waals surface area contributed by atoms with E-state index in [4.69, 9.17) is 0 Å². The molecule has 0 bridgehead atoms. The quantitative estimate of drug-likeness (QED) is 0.798. The smallest absolute Gasteiger partial charge is 0.233 e. The highest BCUT2D eigenvalue weighted by Crippen LogP contribution is 2.28. The lowest BCUT2D eigenvalue weighted by molar-refractivity contribution is -0.120. The molecule has 1 saturated carbocycles. The summed E-state index contributed by atoms with van der Waals surface area (Å²) in [7, 11) is 0. The van der Waals surface area contributed by atoms with E-state index in [0.717, 1.165) is 35.9 Å². The van der Waals surface area contributed by atoms with Gasteiger partial charge in [0.25, 0.3) is 0 Å². The molecule has 0 aliphatic heterocycles. The second kappa shape index (κ2) is 8.04. The Hall–Kier alpha value is -1.82. The molecule has 134 valence electrons. The summed E-state index contributed by atoms with van der Waals surface area (Å²) in [6.07, 6.45) is 4.64. The van der Waals surface area contributed by atoms with Crippen molar-refractivity contribution in [2.24, 2.45) is 0 Å². The molecular formula is C19H26N4OS. The maximum absolute atomic E-state index is 12.4. The van der Waals surface area contributed by atoms with Gasteiger partial charge >= 0.3 is 0 Å². The number of nitrogens with one attached hydrogen (secondary N) is 1. The van der Waals surface area contributed by atoms with Crippen LogP contribution in [0.15, 0.2) is 29.4 Å². The Labute approximate surface area is 153 Å². The number of amides is 1. The van der Waals surface area contributed by atoms with Crippen LogP contribution >= 0.6 is 11.8 Å². The van der Waals surface area contributed by atoms with Crippen LogP contribution in [0.25, 0.3) is 11.4 Å². The van der Waals surface area contributed by atoms with Gasteiger partial charge < -0.3 is 9.88 Å². The molecule has 1 amide bonds. The number of aromatic nitrogens is 3.